The van der Waals surface area contributed by atoms with Gasteiger partial charge in [0.25, 0.3) is 0 Å². The average Bonchev–Trinajstić information content (AvgIpc) is 2.59. The maximum atomic E-state index is 12.4. The Bertz CT molecular complexity index is 527. The van der Waals surface area contributed by atoms with Crippen molar-refractivity contribution in [3.63, 3.8) is 0 Å². The van der Waals surface area contributed by atoms with Crippen LogP contribution in [0.3, 0.4) is 0 Å². The van der Waals surface area contributed by atoms with Gasteiger partial charge in [0.05, 0.1) is 6.10 Å². The number of carbonyl (C=O) groups is 4. The topological polar surface area (TPSA) is 197 Å². The molecule has 5 atom stereocenters. The van der Waals surface area contributed by atoms with Crippen LogP contribution in [0.4, 0.5) is 0 Å². The molecule has 0 aliphatic carbocycles. The summed E-state index contributed by atoms with van der Waals surface area (Å²) in [5, 5.41) is 25.3. The van der Waals surface area contributed by atoms with E-state index in [1.54, 1.807) is 0 Å². The Morgan fingerprint density at radius 3 is 1.93 bits per heavy atom. The average molecular weight is 389 g/mol. The number of aliphatic hydroxyl groups is 1. The maximum Gasteiger partial charge on any atom is 0.325 e. The molecule has 0 rings (SSSR count). The number of hydrogen-bond acceptors (Lipinski definition) is 7. The normalized spacial score (nSPS) is 16.4. The second-order valence-electron chi connectivity index (χ2n) is 6.41. The number of nitrogens with one attached hydrogen (secondary N) is 3. The summed E-state index contributed by atoms with van der Waals surface area (Å²) in [4.78, 5) is 47.2. The number of carboxylic acid groups (broad SMARTS) is 1. The molecule has 0 aromatic heterocycles. The van der Waals surface area contributed by atoms with Crippen molar-refractivity contribution >= 4 is 23.7 Å². The Morgan fingerprint density at radius 2 is 1.44 bits per heavy atom. The number of aliphatic hydroxyl groups excluding tert-OH is 1. The lowest BCUT2D eigenvalue weighted by Crippen LogP contribution is -2.57. The molecule has 0 fully saturated rings. The van der Waals surface area contributed by atoms with Crippen LogP contribution >= 0.6 is 0 Å². The molecular formula is C16H31N5O6. The van der Waals surface area contributed by atoms with Crippen molar-refractivity contribution in [3.8, 4) is 0 Å². The van der Waals surface area contributed by atoms with Crippen LogP contribution in [-0.2, 0) is 19.2 Å². The SMILES string of the molecule is CC(NC(=O)C(C)NC(=O)C(CCCCN)NC(=O)C(N)C(C)O)C(=O)O. The first kappa shape index (κ1) is 24.8. The van der Waals surface area contributed by atoms with E-state index in [2.05, 4.69) is 16.0 Å². The Labute approximate surface area is 158 Å². The summed E-state index contributed by atoms with van der Waals surface area (Å²) >= 11 is 0. The fourth-order valence-electron chi connectivity index (χ4n) is 2.03. The van der Waals surface area contributed by atoms with E-state index in [0.29, 0.717) is 19.4 Å². The van der Waals surface area contributed by atoms with Crippen LogP contribution in [0.1, 0.15) is 40.0 Å². The van der Waals surface area contributed by atoms with Gasteiger partial charge in [-0.25, -0.2) is 0 Å². The smallest absolute Gasteiger partial charge is 0.325 e. The Kier molecular flexibility index (Phi) is 11.2. The molecule has 0 saturated heterocycles. The van der Waals surface area contributed by atoms with Crippen molar-refractivity contribution in [1.29, 1.82) is 0 Å². The Morgan fingerprint density at radius 1 is 0.889 bits per heavy atom. The summed E-state index contributed by atoms with van der Waals surface area (Å²) in [5.41, 5.74) is 11.0. The van der Waals surface area contributed by atoms with Crippen molar-refractivity contribution < 1.29 is 29.4 Å². The minimum atomic E-state index is -1.21. The van der Waals surface area contributed by atoms with E-state index in [0.717, 1.165) is 0 Å². The number of nitrogens with two attached hydrogens (primary N) is 2. The molecule has 11 heteroatoms. The molecule has 0 saturated carbocycles. The zero-order valence-electron chi connectivity index (χ0n) is 15.9. The third-order valence-corrected chi connectivity index (χ3v) is 3.88. The van der Waals surface area contributed by atoms with Crippen molar-refractivity contribution in [2.45, 2.75) is 70.3 Å². The van der Waals surface area contributed by atoms with Crippen molar-refractivity contribution in [1.82, 2.24) is 16.0 Å². The molecule has 0 aliphatic heterocycles. The third kappa shape index (κ3) is 9.31. The lowest BCUT2D eigenvalue weighted by molar-refractivity contribution is -0.141. The second kappa shape index (κ2) is 12.2. The van der Waals surface area contributed by atoms with E-state index in [1.807, 2.05) is 0 Å². The van der Waals surface area contributed by atoms with E-state index < -0.39 is 54.0 Å². The van der Waals surface area contributed by atoms with Crippen LogP contribution in [0.2, 0.25) is 0 Å². The van der Waals surface area contributed by atoms with Crippen LogP contribution in [0.15, 0.2) is 0 Å². The Hall–Kier alpha value is -2.24. The van der Waals surface area contributed by atoms with Gasteiger partial charge in [0.2, 0.25) is 17.7 Å². The van der Waals surface area contributed by atoms with Gasteiger partial charge in [-0.1, -0.05) is 0 Å². The summed E-state index contributed by atoms with van der Waals surface area (Å²) in [6, 6.07) is -4.30. The largest absolute Gasteiger partial charge is 0.480 e. The van der Waals surface area contributed by atoms with E-state index in [1.165, 1.54) is 20.8 Å². The first-order valence-corrected chi connectivity index (χ1v) is 8.78. The molecule has 0 spiro atoms. The zero-order chi connectivity index (χ0) is 21.1. The summed E-state index contributed by atoms with van der Waals surface area (Å²) in [6.07, 6.45) is 0.352. The number of carbonyl (C=O) groups excluding carboxylic acids is 3. The molecule has 27 heavy (non-hydrogen) atoms. The zero-order valence-corrected chi connectivity index (χ0v) is 15.9. The van der Waals surface area contributed by atoms with E-state index >= 15 is 0 Å². The maximum absolute atomic E-state index is 12.4. The predicted molar refractivity (Wildman–Crippen MR) is 97.3 cm³/mol. The lowest BCUT2D eigenvalue weighted by atomic mass is 10.1. The lowest BCUT2D eigenvalue weighted by Gasteiger charge is -2.23. The monoisotopic (exact) mass is 389 g/mol. The van der Waals surface area contributed by atoms with E-state index in [4.69, 9.17) is 16.6 Å². The van der Waals surface area contributed by atoms with Crippen LogP contribution in [0, 0.1) is 0 Å². The molecule has 0 bridgehead atoms. The first-order chi connectivity index (χ1) is 12.5. The van der Waals surface area contributed by atoms with Crippen LogP contribution in [0.25, 0.3) is 0 Å². The second-order valence-corrected chi connectivity index (χ2v) is 6.41. The highest BCUT2D eigenvalue weighted by atomic mass is 16.4. The fourth-order valence-corrected chi connectivity index (χ4v) is 2.03. The number of unbranched alkanes of at least 4 members (excludes halogenated alkanes) is 1. The minimum absolute atomic E-state index is 0.265. The van der Waals surface area contributed by atoms with Crippen molar-refractivity contribution in [2.75, 3.05) is 6.54 Å². The van der Waals surface area contributed by atoms with Gasteiger partial charge < -0.3 is 37.6 Å². The standard InChI is InChI=1S/C16H31N5O6/c1-8(13(23)20-9(2)16(26)27)19-14(24)11(6-4-5-7-17)21-15(25)12(18)10(3)22/h8-12,22H,4-7,17-18H2,1-3H3,(H,19,24)(H,20,23)(H,21,25)(H,26,27). The van der Waals surface area contributed by atoms with Gasteiger partial charge in [0, 0.05) is 0 Å². The highest BCUT2D eigenvalue weighted by molar-refractivity contribution is 5.93. The summed E-state index contributed by atoms with van der Waals surface area (Å²) < 4.78 is 0. The highest BCUT2D eigenvalue weighted by Gasteiger charge is 2.28. The quantitative estimate of drug-likeness (QED) is 0.176. The molecular weight excluding hydrogens is 358 g/mol. The third-order valence-electron chi connectivity index (χ3n) is 3.88. The van der Waals surface area contributed by atoms with Gasteiger partial charge >= 0.3 is 5.97 Å². The van der Waals surface area contributed by atoms with Crippen molar-refractivity contribution in [2.24, 2.45) is 11.5 Å². The number of amides is 3. The van der Waals surface area contributed by atoms with Crippen LogP contribution in [0.5, 0.6) is 0 Å². The van der Waals surface area contributed by atoms with Gasteiger partial charge in [-0.3, -0.25) is 19.2 Å². The molecule has 0 heterocycles. The Balaban J connectivity index is 4.93. The van der Waals surface area contributed by atoms with E-state index in [-0.39, 0.29) is 6.42 Å². The summed E-state index contributed by atoms with van der Waals surface area (Å²) in [7, 11) is 0. The molecule has 3 amide bonds. The molecule has 9 N–H and O–H groups in total. The predicted octanol–water partition coefficient (Wildman–Crippen LogP) is -2.60. The van der Waals surface area contributed by atoms with Gasteiger partial charge in [0.1, 0.15) is 24.2 Å². The first-order valence-electron chi connectivity index (χ1n) is 8.78. The van der Waals surface area contributed by atoms with Crippen LogP contribution in [-0.4, -0.2) is 70.7 Å². The molecule has 5 unspecified atom stereocenters. The fraction of sp³-hybridized carbons (Fsp3) is 0.750. The van der Waals surface area contributed by atoms with Gasteiger partial charge in [-0.15, -0.1) is 0 Å². The number of hydrogen-bond donors (Lipinski definition) is 7. The van der Waals surface area contributed by atoms with Gasteiger partial charge in [-0.2, -0.15) is 0 Å². The molecule has 0 radical (unpaired) electrons. The number of carboxylic acids is 1. The molecule has 11 nitrogen and oxygen atoms in total. The van der Waals surface area contributed by atoms with E-state index in [9.17, 15) is 24.3 Å². The molecule has 0 aromatic carbocycles. The minimum Gasteiger partial charge on any atom is -0.480 e. The summed E-state index contributed by atoms with van der Waals surface area (Å²) in [6.45, 7) is 4.45. The number of aliphatic carboxylic acids is 1. The highest BCUT2D eigenvalue weighted by Crippen LogP contribution is 2.03. The molecule has 0 aromatic rings. The molecule has 0 aliphatic rings. The van der Waals surface area contributed by atoms with Gasteiger partial charge in [-0.05, 0) is 46.6 Å². The van der Waals surface area contributed by atoms with Crippen molar-refractivity contribution in [3.05, 3.63) is 0 Å². The van der Waals surface area contributed by atoms with Gasteiger partial charge in [0.15, 0.2) is 0 Å². The number of rotatable bonds is 12. The summed E-state index contributed by atoms with van der Waals surface area (Å²) in [5.74, 6) is -3.20. The van der Waals surface area contributed by atoms with Crippen LogP contribution < -0.4 is 27.4 Å². The molecule has 156 valence electrons.